The molecule has 0 saturated heterocycles. The number of hydrogen-bond acceptors (Lipinski definition) is 3. The topological polar surface area (TPSA) is 75.3 Å². The average Bonchev–Trinajstić information content (AvgIpc) is 2.68. The Balaban J connectivity index is 2.19. The lowest BCUT2D eigenvalue weighted by molar-refractivity contribution is -0.115. The Labute approximate surface area is 107 Å². The molecule has 0 fully saturated rings. The van der Waals surface area contributed by atoms with Crippen LogP contribution in [0, 0.1) is 0 Å². The van der Waals surface area contributed by atoms with Crippen molar-refractivity contribution < 1.29 is 13.2 Å². The number of carbonyl (C=O) groups is 1. The number of unbranched alkanes of at least 4 members (excludes halogenated alkanes) is 1. The van der Waals surface area contributed by atoms with Gasteiger partial charge in [-0.15, -0.1) is 0 Å². The number of sulfonamides is 1. The van der Waals surface area contributed by atoms with E-state index in [9.17, 15) is 13.2 Å². The fourth-order valence-electron chi connectivity index (χ4n) is 1.84. The summed E-state index contributed by atoms with van der Waals surface area (Å²) in [5.41, 5.74) is 1.44. The molecule has 0 radical (unpaired) electrons. The van der Waals surface area contributed by atoms with Gasteiger partial charge in [-0.2, -0.15) is 0 Å². The van der Waals surface area contributed by atoms with Gasteiger partial charge in [0.15, 0.2) is 0 Å². The van der Waals surface area contributed by atoms with E-state index in [0.29, 0.717) is 12.2 Å². The van der Waals surface area contributed by atoms with Gasteiger partial charge >= 0.3 is 0 Å². The number of carbonyl (C=O) groups excluding carboxylic acids is 1. The molecule has 1 amide bonds. The normalized spacial score (nSPS) is 14.4. The molecule has 18 heavy (non-hydrogen) atoms. The molecule has 1 heterocycles. The highest BCUT2D eigenvalue weighted by molar-refractivity contribution is 7.89. The summed E-state index contributed by atoms with van der Waals surface area (Å²) in [5, 5.41) is 2.67. The molecule has 1 aliphatic heterocycles. The van der Waals surface area contributed by atoms with E-state index in [4.69, 9.17) is 0 Å². The summed E-state index contributed by atoms with van der Waals surface area (Å²) in [6.07, 6.45) is 1.99. The average molecular weight is 268 g/mol. The van der Waals surface area contributed by atoms with Crippen LogP contribution in [0.5, 0.6) is 0 Å². The third kappa shape index (κ3) is 2.70. The minimum atomic E-state index is -3.46. The Morgan fingerprint density at radius 1 is 1.39 bits per heavy atom. The molecule has 0 unspecified atom stereocenters. The van der Waals surface area contributed by atoms with E-state index in [2.05, 4.69) is 10.0 Å². The van der Waals surface area contributed by atoms with Gasteiger partial charge in [0.2, 0.25) is 15.9 Å². The zero-order chi connectivity index (χ0) is 13.2. The molecule has 5 nitrogen and oxygen atoms in total. The maximum atomic E-state index is 12.0. The van der Waals surface area contributed by atoms with Gasteiger partial charge < -0.3 is 5.32 Å². The zero-order valence-corrected chi connectivity index (χ0v) is 11.0. The minimum Gasteiger partial charge on any atom is -0.326 e. The summed E-state index contributed by atoms with van der Waals surface area (Å²) in [7, 11) is -3.46. The predicted molar refractivity (Wildman–Crippen MR) is 68.9 cm³/mol. The van der Waals surface area contributed by atoms with Crippen molar-refractivity contribution in [3.8, 4) is 0 Å². The third-order valence-corrected chi connectivity index (χ3v) is 4.29. The van der Waals surface area contributed by atoms with Crippen molar-refractivity contribution in [2.75, 3.05) is 11.9 Å². The first-order valence-corrected chi connectivity index (χ1v) is 7.43. The Morgan fingerprint density at radius 2 is 2.17 bits per heavy atom. The second-order valence-corrected chi connectivity index (χ2v) is 6.06. The van der Waals surface area contributed by atoms with Crippen LogP contribution in [0.1, 0.15) is 25.3 Å². The summed E-state index contributed by atoms with van der Waals surface area (Å²) < 4.78 is 26.5. The van der Waals surface area contributed by atoms with Gasteiger partial charge in [-0.3, -0.25) is 4.79 Å². The van der Waals surface area contributed by atoms with Crippen LogP contribution >= 0.6 is 0 Å². The smallest absolute Gasteiger partial charge is 0.240 e. The number of anilines is 1. The van der Waals surface area contributed by atoms with Crippen molar-refractivity contribution in [3.05, 3.63) is 23.8 Å². The van der Waals surface area contributed by atoms with Crippen LogP contribution in [0.25, 0.3) is 0 Å². The van der Waals surface area contributed by atoms with Crippen LogP contribution in [0.15, 0.2) is 23.1 Å². The highest BCUT2D eigenvalue weighted by Gasteiger charge is 2.21. The van der Waals surface area contributed by atoms with E-state index >= 15 is 0 Å². The number of amides is 1. The van der Waals surface area contributed by atoms with Crippen LogP contribution in [0.2, 0.25) is 0 Å². The van der Waals surface area contributed by atoms with Gasteiger partial charge in [0.05, 0.1) is 11.3 Å². The molecule has 0 atom stereocenters. The SMILES string of the molecule is CCCCNS(=O)(=O)c1ccc2c(c1)CC(=O)N2. The summed E-state index contributed by atoms with van der Waals surface area (Å²) in [6.45, 7) is 2.44. The van der Waals surface area contributed by atoms with Gasteiger partial charge in [0.25, 0.3) is 0 Å². The lowest BCUT2D eigenvalue weighted by Crippen LogP contribution is -2.24. The standard InChI is InChI=1S/C12H16N2O3S/c1-2-3-6-13-18(16,17)10-4-5-11-9(7-10)8-12(15)14-11/h4-5,7,13H,2-3,6,8H2,1H3,(H,14,15). The molecule has 0 aromatic heterocycles. The highest BCUT2D eigenvalue weighted by atomic mass is 32.2. The molecule has 98 valence electrons. The quantitative estimate of drug-likeness (QED) is 0.789. The number of rotatable bonds is 5. The molecule has 1 aliphatic rings. The molecular formula is C12H16N2O3S. The number of hydrogen-bond donors (Lipinski definition) is 2. The van der Waals surface area contributed by atoms with E-state index < -0.39 is 10.0 Å². The molecule has 0 spiro atoms. The molecular weight excluding hydrogens is 252 g/mol. The zero-order valence-electron chi connectivity index (χ0n) is 10.2. The van der Waals surface area contributed by atoms with E-state index in [-0.39, 0.29) is 17.2 Å². The maximum absolute atomic E-state index is 12.0. The Kier molecular flexibility index (Phi) is 3.68. The third-order valence-electron chi connectivity index (χ3n) is 2.83. The monoisotopic (exact) mass is 268 g/mol. The Morgan fingerprint density at radius 3 is 2.89 bits per heavy atom. The summed E-state index contributed by atoms with van der Waals surface area (Å²) in [4.78, 5) is 11.4. The molecule has 0 bridgehead atoms. The van der Waals surface area contributed by atoms with Gasteiger partial charge in [0, 0.05) is 12.2 Å². The molecule has 2 rings (SSSR count). The maximum Gasteiger partial charge on any atom is 0.240 e. The first-order valence-electron chi connectivity index (χ1n) is 5.95. The molecule has 1 aromatic rings. The van der Waals surface area contributed by atoms with Crippen molar-refractivity contribution in [2.45, 2.75) is 31.1 Å². The molecule has 6 heteroatoms. The predicted octanol–water partition coefficient (Wildman–Crippen LogP) is 1.26. The van der Waals surface area contributed by atoms with Crippen LogP contribution in [0.3, 0.4) is 0 Å². The lowest BCUT2D eigenvalue weighted by Gasteiger charge is -2.07. The van der Waals surface area contributed by atoms with E-state index in [0.717, 1.165) is 18.4 Å². The fourth-order valence-corrected chi connectivity index (χ4v) is 2.96. The second kappa shape index (κ2) is 5.07. The number of fused-ring (bicyclic) bond motifs is 1. The Hall–Kier alpha value is -1.40. The van der Waals surface area contributed by atoms with Crippen molar-refractivity contribution in [2.24, 2.45) is 0 Å². The first kappa shape index (κ1) is 13.0. The van der Waals surface area contributed by atoms with Crippen LogP contribution in [-0.2, 0) is 21.2 Å². The molecule has 1 aromatic carbocycles. The second-order valence-electron chi connectivity index (χ2n) is 4.30. The summed E-state index contributed by atoms with van der Waals surface area (Å²) >= 11 is 0. The van der Waals surface area contributed by atoms with Crippen LogP contribution in [-0.4, -0.2) is 20.9 Å². The van der Waals surface area contributed by atoms with Crippen LogP contribution < -0.4 is 10.0 Å². The van der Waals surface area contributed by atoms with Crippen molar-refractivity contribution in [1.29, 1.82) is 0 Å². The van der Waals surface area contributed by atoms with Crippen molar-refractivity contribution >= 4 is 21.6 Å². The Bertz CT molecular complexity index is 567. The minimum absolute atomic E-state index is 0.0986. The summed E-state index contributed by atoms with van der Waals surface area (Å²) in [5.74, 6) is -0.0986. The lowest BCUT2D eigenvalue weighted by atomic mass is 10.2. The van der Waals surface area contributed by atoms with E-state index in [1.807, 2.05) is 6.92 Å². The summed E-state index contributed by atoms with van der Waals surface area (Å²) in [6, 6.07) is 4.70. The van der Waals surface area contributed by atoms with Gasteiger partial charge in [-0.1, -0.05) is 13.3 Å². The van der Waals surface area contributed by atoms with E-state index in [1.54, 1.807) is 12.1 Å². The van der Waals surface area contributed by atoms with Crippen molar-refractivity contribution in [1.82, 2.24) is 4.72 Å². The molecule has 0 saturated carbocycles. The number of benzene rings is 1. The number of nitrogens with one attached hydrogen (secondary N) is 2. The van der Waals surface area contributed by atoms with Gasteiger partial charge in [0.1, 0.15) is 0 Å². The first-order chi connectivity index (χ1) is 8.53. The largest absolute Gasteiger partial charge is 0.326 e. The van der Waals surface area contributed by atoms with Crippen LogP contribution in [0.4, 0.5) is 5.69 Å². The van der Waals surface area contributed by atoms with E-state index in [1.165, 1.54) is 6.07 Å². The fraction of sp³-hybridized carbons (Fsp3) is 0.417. The molecule has 2 N–H and O–H groups in total. The highest BCUT2D eigenvalue weighted by Crippen LogP contribution is 2.25. The molecule has 0 aliphatic carbocycles. The van der Waals surface area contributed by atoms with Gasteiger partial charge in [-0.05, 0) is 30.2 Å². The van der Waals surface area contributed by atoms with Crippen molar-refractivity contribution in [3.63, 3.8) is 0 Å². The van der Waals surface area contributed by atoms with Gasteiger partial charge in [-0.25, -0.2) is 13.1 Å².